The van der Waals surface area contributed by atoms with Crippen LogP contribution in [-0.2, 0) is 11.3 Å². The molecule has 0 aliphatic heterocycles. The van der Waals surface area contributed by atoms with Gasteiger partial charge in [-0.3, -0.25) is 0 Å². The van der Waals surface area contributed by atoms with Gasteiger partial charge in [0.1, 0.15) is 0 Å². The molecule has 72 valence electrons. The summed E-state index contributed by atoms with van der Waals surface area (Å²) >= 11 is 0. The summed E-state index contributed by atoms with van der Waals surface area (Å²) in [7, 11) is 0. The van der Waals surface area contributed by atoms with Gasteiger partial charge in [0, 0.05) is 0 Å². The summed E-state index contributed by atoms with van der Waals surface area (Å²) in [6.45, 7) is 3.01. The van der Waals surface area contributed by atoms with Crippen LogP contribution in [0.2, 0.25) is 0 Å². The molecule has 0 saturated heterocycles. The predicted octanol–water partition coefficient (Wildman–Crippen LogP) is 2.77. The van der Waals surface area contributed by atoms with E-state index >= 15 is 0 Å². The zero-order valence-corrected chi connectivity index (χ0v) is 8.07. The van der Waals surface area contributed by atoms with Gasteiger partial charge in [0.15, 0.2) is 0 Å². The highest BCUT2D eigenvalue weighted by molar-refractivity contribution is 5.13. The van der Waals surface area contributed by atoms with E-state index in [9.17, 15) is 0 Å². The summed E-state index contributed by atoms with van der Waals surface area (Å²) in [5.74, 6) is 0.786. The van der Waals surface area contributed by atoms with Crippen molar-refractivity contribution in [2.24, 2.45) is 5.92 Å². The molecule has 0 heterocycles. The van der Waals surface area contributed by atoms with E-state index < -0.39 is 0 Å². The van der Waals surface area contributed by atoms with Gasteiger partial charge in [0.05, 0.1) is 12.7 Å². The monoisotopic (exact) mass is 179 g/mol. The molecule has 2 heteroatoms. The molecule has 0 amide bonds. The molecule has 0 aromatic heterocycles. The van der Waals surface area contributed by atoms with Gasteiger partial charge in [-0.2, -0.15) is 0 Å². The zero-order valence-electron chi connectivity index (χ0n) is 8.07. The van der Waals surface area contributed by atoms with Crippen molar-refractivity contribution in [2.75, 3.05) is 0 Å². The predicted molar refractivity (Wildman–Crippen MR) is 53.8 cm³/mol. The van der Waals surface area contributed by atoms with Gasteiger partial charge in [-0.05, 0) is 17.9 Å². The van der Waals surface area contributed by atoms with Crippen LogP contribution in [-0.4, -0.2) is 6.10 Å². The van der Waals surface area contributed by atoms with E-state index in [0.29, 0.717) is 6.10 Å². The Morgan fingerprint density at radius 1 is 1.31 bits per heavy atom. The minimum absolute atomic E-state index is 0. The summed E-state index contributed by atoms with van der Waals surface area (Å²) in [6.07, 6.45) is 1.78. The van der Waals surface area contributed by atoms with Crippen LogP contribution >= 0.6 is 0 Å². The molecule has 0 bridgehead atoms. The van der Waals surface area contributed by atoms with E-state index in [2.05, 4.69) is 31.2 Å². The molecule has 1 fully saturated rings. The quantitative estimate of drug-likeness (QED) is 0.775. The number of benzene rings is 1. The average molecular weight is 179 g/mol. The third-order valence-electron chi connectivity index (χ3n) is 2.34. The van der Waals surface area contributed by atoms with Crippen LogP contribution in [0.5, 0.6) is 0 Å². The van der Waals surface area contributed by atoms with E-state index in [1.165, 1.54) is 12.0 Å². The van der Waals surface area contributed by atoms with Crippen molar-refractivity contribution in [1.29, 1.82) is 0 Å². The maximum Gasteiger partial charge on any atom is 0.0720 e. The normalized spacial score (nSPS) is 25.0. The van der Waals surface area contributed by atoms with E-state index in [1.807, 2.05) is 6.07 Å². The second-order valence-electron chi connectivity index (χ2n) is 3.55. The lowest BCUT2D eigenvalue weighted by atomic mass is 10.2. The Balaban J connectivity index is 0.000000845. The minimum atomic E-state index is 0. The highest BCUT2D eigenvalue weighted by atomic mass is 16.5. The van der Waals surface area contributed by atoms with Crippen molar-refractivity contribution < 1.29 is 4.74 Å². The first-order valence-electron chi connectivity index (χ1n) is 4.52. The maximum absolute atomic E-state index is 5.65. The second-order valence-corrected chi connectivity index (χ2v) is 3.55. The van der Waals surface area contributed by atoms with Crippen molar-refractivity contribution in [3.05, 3.63) is 35.9 Å². The smallest absolute Gasteiger partial charge is 0.0720 e. The second kappa shape index (κ2) is 4.40. The number of hydrogen-bond donors (Lipinski definition) is 1. The van der Waals surface area contributed by atoms with Gasteiger partial charge in [0.2, 0.25) is 0 Å². The number of hydrogen-bond acceptors (Lipinski definition) is 2. The van der Waals surface area contributed by atoms with Gasteiger partial charge in [-0.25, -0.2) is 0 Å². The largest absolute Gasteiger partial charge is 0.373 e. The molecule has 1 aromatic rings. The molecular weight excluding hydrogens is 162 g/mol. The summed E-state index contributed by atoms with van der Waals surface area (Å²) in [5.41, 5.74) is 1.27. The summed E-state index contributed by atoms with van der Waals surface area (Å²) in [6, 6.07) is 10.3. The van der Waals surface area contributed by atoms with Crippen molar-refractivity contribution in [3.63, 3.8) is 0 Å². The lowest BCUT2D eigenvalue weighted by molar-refractivity contribution is 0.0971. The van der Waals surface area contributed by atoms with Crippen LogP contribution in [0.4, 0.5) is 0 Å². The summed E-state index contributed by atoms with van der Waals surface area (Å²) in [4.78, 5) is 0. The first-order valence-corrected chi connectivity index (χ1v) is 4.52. The molecule has 2 nitrogen and oxygen atoms in total. The fraction of sp³-hybridized carbons (Fsp3) is 0.455. The molecule has 0 radical (unpaired) electrons. The highest BCUT2D eigenvalue weighted by Gasteiger charge is 2.33. The number of ether oxygens (including phenoxy) is 1. The van der Waals surface area contributed by atoms with Crippen molar-refractivity contribution >= 4 is 0 Å². The van der Waals surface area contributed by atoms with Crippen LogP contribution in [0.25, 0.3) is 0 Å². The van der Waals surface area contributed by atoms with Crippen molar-refractivity contribution in [2.45, 2.75) is 26.1 Å². The average Bonchev–Trinajstić information content (AvgIpc) is 2.81. The molecule has 1 aliphatic rings. The Hall–Kier alpha value is -0.860. The Bertz CT molecular complexity index is 248. The Labute approximate surface area is 79.5 Å². The van der Waals surface area contributed by atoms with Gasteiger partial charge in [0.25, 0.3) is 0 Å². The Kier molecular flexibility index (Phi) is 3.46. The molecule has 1 aromatic carbocycles. The molecule has 3 N–H and O–H groups in total. The summed E-state index contributed by atoms with van der Waals surface area (Å²) < 4.78 is 5.65. The Morgan fingerprint density at radius 3 is 2.46 bits per heavy atom. The highest BCUT2D eigenvalue weighted by Crippen LogP contribution is 2.33. The molecule has 2 atom stereocenters. The third-order valence-corrected chi connectivity index (χ3v) is 2.34. The number of rotatable bonds is 3. The van der Waals surface area contributed by atoms with Gasteiger partial charge in [-0.15, -0.1) is 0 Å². The lowest BCUT2D eigenvalue weighted by Gasteiger charge is -2.01. The first kappa shape index (κ1) is 10.2. The molecule has 1 aliphatic carbocycles. The van der Waals surface area contributed by atoms with Gasteiger partial charge in [-0.1, -0.05) is 37.3 Å². The molecule has 1 saturated carbocycles. The van der Waals surface area contributed by atoms with E-state index in [-0.39, 0.29) is 6.15 Å². The third kappa shape index (κ3) is 2.83. The van der Waals surface area contributed by atoms with Gasteiger partial charge < -0.3 is 10.9 Å². The van der Waals surface area contributed by atoms with Crippen LogP contribution in [0.1, 0.15) is 18.9 Å². The molecule has 2 unspecified atom stereocenters. The van der Waals surface area contributed by atoms with Crippen molar-refractivity contribution in [1.82, 2.24) is 6.15 Å². The standard InChI is InChI=1S/C11H14O.H3N/c1-9-7-11(9)12-8-10-5-3-2-4-6-10;/h2-6,9,11H,7-8H2,1H3;1H3. The SMILES string of the molecule is CC1CC1OCc1ccccc1.N. The van der Waals surface area contributed by atoms with Crippen LogP contribution in [0, 0.1) is 5.92 Å². The maximum atomic E-state index is 5.65. The Morgan fingerprint density at radius 2 is 1.92 bits per heavy atom. The van der Waals surface area contributed by atoms with Crippen LogP contribution in [0.15, 0.2) is 30.3 Å². The molecule has 2 rings (SSSR count). The van der Waals surface area contributed by atoms with E-state index in [1.54, 1.807) is 0 Å². The summed E-state index contributed by atoms with van der Waals surface area (Å²) in [5, 5.41) is 0. The fourth-order valence-corrected chi connectivity index (χ4v) is 1.30. The van der Waals surface area contributed by atoms with Crippen LogP contribution < -0.4 is 6.15 Å². The minimum Gasteiger partial charge on any atom is -0.373 e. The van der Waals surface area contributed by atoms with E-state index in [0.717, 1.165) is 12.5 Å². The first-order chi connectivity index (χ1) is 5.86. The zero-order chi connectivity index (χ0) is 8.39. The topological polar surface area (TPSA) is 44.2 Å². The van der Waals surface area contributed by atoms with E-state index in [4.69, 9.17) is 4.74 Å². The fourth-order valence-electron chi connectivity index (χ4n) is 1.30. The van der Waals surface area contributed by atoms with Crippen molar-refractivity contribution in [3.8, 4) is 0 Å². The van der Waals surface area contributed by atoms with Gasteiger partial charge >= 0.3 is 0 Å². The molecule has 0 spiro atoms. The molecule has 13 heavy (non-hydrogen) atoms. The lowest BCUT2D eigenvalue weighted by Crippen LogP contribution is -1.95. The van der Waals surface area contributed by atoms with Crippen LogP contribution in [0.3, 0.4) is 0 Å². The molecular formula is C11H17NO.